The molecule has 0 aliphatic carbocycles. The van der Waals surface area contributed by atoms with Gasteiger partial charge in [-0.15, -0.1) is 5.10 Å². The smallest absolute Gasteiger partial charge is 0.387 e. The lowest BCUT2D eigenvalue weighted by Gasteiger charge is -2.08. The molecule has 0 spiro atoms. The number of hydrogen-bond acceptors (Lipinski definition) is 5. The molecule has 0 radical (unpaired) electrons. The number of allylic oxidation sites excluding steroid dienone is 1. The fourth-order valence-electron chi connectivity index (χ4n) is 2.91. The third kappa shape index (κ3) is 6.16. The molecule has 0 unspecified atom stereocenters. The van der Waals surface area contributed by atoms with Crippen LogP contribution in [-0.4, -0.2) is 27.6 Å². The predicted molar refractivity (Wildman–Crippen MR) is 115 cm³/mol. The Morgan fingerprint density at radius 2 is 1.97 bits per heavy atom. The van der Waals surface area contributed by atoms with Crippen LogP contribution in [0.15, 0.2) is 65.3 Å². The molecule has 0 saturated heterocycles. The van der Waals surface area contributed by atoms with Crippen molar-refractivity contribution >= 4 is 17.5 Å². The maximum Gasteiger partial charge on any atom is 0.416 e. The molecule has 10 heteroatoms. The summed E-state index contributed by atoms with van der Waals surface area (Å²) in [5, 5.41) is 9.63. The first-order chi connectivity index (χ1) is 14.7. The van der Waals surface area contributed by atoms with E-state index in [1.54, 1.807) is 13.0 Å². The fraction of sp³-hybridized carbons (Fsp3) is 0.190. The number of benzene rings is 2. The Labute approximate surface area is 177 Å². The van der Waals surface area contributed by atoms with Crippen LogP contribution >= 0.6 is 0 Å². The molecular weight excluding hydrogens is 407 g/mol. The number of nitrogens with two attached hydrogens (primary N) is 2. The Morgan fingerprint density at radius 1 is 1.19 bits per heavy atom. The summed E-state index contributed by atoms with van der Waals surface area (Å²) < 4.78 is 38.7. The number of nitrogens with zero attached hydrogens (tertiary/aromatic N) is 3. The summed E-state index contributed by atoms with van der Waals surface area (Å²) in [5.74, 6) is 1.07. The highest BCUT2D eigenvalue weighted by Crippen LogP contribution is 2.31. The number of alkyl halides is 3. The highest BCUT2D eigenvalue weighted by Gasteiger charge is 2.30. The number of H-pyrrole nitrogens is 1. The van der Waals surface area contributed by atoms with Gasteiger partial charge in [-0.05, 0) is 42.8 Å². The first-order valence-electron chi connectivity index (χ1n) is 9.40. The summed E-state index contributed by atoms with van der Waals surface area (Å²) in [7, 11) is 0. The minimum Gasteiger partial charge on any atom is -0.387 e. The van der Waals surface area contributed by atoms with Crippen molar-refractivity contribution in [1.82, 2.24) is 15.2 Å². The number of aromatic amines is 1. The number of amidine groups is 1. The molecule has 2 aromatic carbocycles. The van der Waals surface area contributed by atoms with Crippen molar-refractivity contribution in [3.8, 4) is 11.4 Å². The van der Waals surface area contributed by atoms with E-state index >= 15 is 0 Å². The van der Waals surface area contributed by atoms with Crippen LogP contribution < -0.4 is 16.8 Å². The molecular formula is C21H22F3N7. The normalized spacial score (nSPS) is 12.8. The highest BCUT2D eigenvalue weighted by molar-refractivity contribution is 5.78. The van der Waals surface area contributed by atoms with Gasteiger partial charge in [0.1, 0.15) is 0 Å². The lowest BCUT2D eigenvalue weighted by Crippen LogP contribution is -2.07. The van der Waals surface area contributed by atoms with E-state index in [9.17, 15) is 13.2 Å². The first-order valence-corrected chi connectivity index (χ1v) is 9.40. The van der Waals surface area contributed by atoms with Crippen LogP contribution in [0.25, 0.3) is 11.4 Å². The average Bonchev–Trinajstić information content (AvgIpc) is 3.16. The summed E-state index contributed by atoms with van der Waals surface area (Å²) in [4.78, 5) is 8.62. The number of hydrogen-bond donors (Lipinski definition) is 4. The van der Waals surface area contributed by atoms with Crippen LogP contribution in [0.1, 0.15) is 18.1 Å². The Kier molecular flexibility index (Phi) is 6.71. The molecule has 7 nitrogen and oxygen atoms in total. The quantitative estimate of drug-likeness (QED) is 0.335. The Morgan fingerprint density at radius 3 is 2.68 bits per heavy atom. The van der Waals surface area contributed by atoms with Gasteiger partial charge in [0.2, 0.25) is 5.95 Å². The number of nitrogens with one attached hydrogen (secondary N) is 2. The fourth-order valence-corrected chi connectivity index (χ4v) is 2.91. The Balaban J connectivity index is 1.78. The number of halogens is 3. The molecule has 0 bridgehead atoms. The van der Waals surface area contributed by atoms with Gasteiger partial charge < -0.3 is 16.8 Å². The van der Waals surface area contributed by atoms with Crippen LogP contribution in [0.2, 0.25) is 0 Å². The predicted octanol–water partition coefficient (Wildman–Crippen LogP) is 4.00. The second kappa shape index (κ2) is 9.43. The van der Waals surface area contributed by atoms with Crippen LogP contribution in [0.5, 0.6) is 0 Å². The summed E-state index contributed by atoms with van der Waals surface area (Å²) in [6, 6.07) is 12.4. The number of aliphatic imine (C=N–C) groups is 1. The van der Waals surface area contributed by atoms with Gasteiger partial charge in [-0.2, -0.15) is 18.2 Å². The van der Waals surface area contributed by atoms with E-state index in [0.29, 0.717) is 24.6 Å². The molecule has 0 atom stereocenters. The third-order valence-electron chi connectivity index (χ3n) is 4.19. The highest BCUT2D eigenvalue weighted by atomic mass is 19.4. The van der Waals surface area contributed by atoms with E-state index < -0.39 is 11.7 Å². The van der Waals surface area contributed by atoms with E-state index in [2.05, 4.69) is 25.5 Å². The minimum absolute atomic E-state index is 0.159. The van der Waals surface area contributed by atoms with Gasteiger partial charge in [-0.25, -0.2) is 4.99 Å². The SMILES string of the molecule is CC(N)=N/C(=C\CN)Cc1cccc(-c2nc(Nc3cccc(C(F)(F)F)c3)n[nH]2)c1. The second-order valence-corrected chi connectivity index (χ2v) is 6.77. The molecule has 0 fully saturated rings. The van der Waals surface area contributed by atoms with Crippen LogP contribution in [0, 0.1) is 0 Å². The van der Waals surface area contributed by atoms with Crippen molar-refractivity contribution in [3.05, 3.63) is 71.4 Å². The molecule has 0 amide bonds. The maximum atomic E-state index is 12.9. The van der Waals surface area contributed by atoms with Gasteiger partial charge in [0.15, 0.2) is 5.82 Å². The maximum absolute atomic E-state index is 12.9. The third-order valence-corrected chi connectivity index (χ3v) is 4.19. The monoisotopic (exact) mass is 429 g/mol. The number of aromatic nitrogens is 3. The van der Waals surface area contributed by atoms with Crippen molar-refractivity contribution in [1.29, 1.82) is 0 Å². The summed E-state index contributed by atoms with van der Waals surface area (Å²) >= 11 is 0. The van der Waals surface area contributed by atoms with Crippen LogP contribution in [-0.2, 0) is 12.6 Å². The molecule has 6 N–H and O–H groups in total. The van der Waals surface area contributed by atoms with Gasteiger partial charge in [-0.1, -0.05) is 24.3 Å². The second-order valence-electron chi connectivity index (χ2n) is 6.77. The van der Waals surface area contributed by atoms with Crippen molar-refractivity contribution in [3.63, 3.8) is 0 Å². The van der Waals surface area contributed by atoms with Gasteiger partial charge in [0, 0.05) is 29.9 Å². The first kappa shape index (κ1) is 22.0. The van der Waals surface area contributed by atoms with Gasteiger partial charge in [-0.3, -0.25) is 5.10 Å². The molecule has 3 aromatic rings. The molecule has 0 aliphatic heterocycles. The zero-order valence-electron chi connectivity index (χ0n) is 16.7. The molecule has 1 heterocycles. The van der Waals surface area contributed by atoms with E-state index in [1.807, 2.05) is 24.3 Å². The van der Waals surface area contributed by atoms with Crippen molar-refractivity contribution < 1.29 is 13.2 Å². The van der Waals surface area contributed by atoms with Gasteiger partial charge >= 0.3 is 6.18 Å². The molecule has 0 aliphatic rings. The average molecular weight is 429 g/mol. The Bertz CT molecular complexity index is 1100. The molecule has 1 aromatic heterocycles. The topological polar surface area (TPSA) is 118 Å². The number of rotatable bonds is 7. The van der Waals surface area contributed by atoms with Crippen molar-refractivity contribution in [2.24, 2.45) is 16.5 Å². The number of anilines is 2. The lowest BCUT2D eigenvalue weighted by atomic mass is 10.1. The summed E-state index contributed by atoms with van der Waals surface area (Å²) in [6.07, 6.45) is -2.09. The van der Waals surface area contributed by atoms with E-state index in [-0.39, 0.29) is 11.6 Å². The zero-order chi connectivity index (χ0) is 22.4. The van der Waals surface area contributed by atoms with E-state index in [0.717, 1.165) is 29.0 Å². The van der Waals surface area contributed by atoms with Crippen molar-refractivity contribution in [2.45, 2.75) is 19.5 Å². The van der Waals surface area contributed by atoms with Crippen molar-refractivity contribution in [2.75, 3.05) is 11.9 Å². The Hall–Kier alpha value is -3.66. The molecule has 0 saturated carbocycles. The minimum atomic E-state index is -4.42. The summed E-state index contributed by atoms with van der Waals surface area (Å²) in [6.45, 7) is 2.05. The molecule has 162 valence electrons. The zero-order valence-corrected chi connectivity index (χ0v) is 16.7. The molecule has 3 rings (SSSR count). The lowest BCUT2D eigenvalue weighted by molar-refractivity contribution is -0.137. The van der Waals surface area contributed by atoms with Gasteiger partial charge in [0.25, 0.3) is 0 Å². The van der Waals surface area contributed by atoms with E-state index in [1.165, 1.54) is 12.1 Å². The standard InChI is InChI=1S/C21H22F3N7/c1-13(26)27-18(8-9-25)11-14-4-2-5-15(10-14)19-29-20(31-30-19)28-17-7-3-6-16(12-17)21(22,23)24/h2-8,10,12H,9,11,25H2,1H3,(H2,26,27)(H2,28,29,30,31)/b18-8-. The van der Waals surface area contributed by atoms with Gasteiger partial charge in [0.05, 0.1) is 11.4 Å². The molecule has 31 heavy (non-hydrogen) atoms. The summed E-state index contributed by atoms with van der Waals surface area (Å²) in [5.41, 5.74) is 13.2. The van der Waals surface area contributed by atoms with Crippen LogP contribution in [0.4, 0.5) is 24.8 Å². The van der Waals surface area contributed by atoms with Crippen LogP contribution in [0.3, 0.4) is 0 Å². The largest absolute Gasteiger partial charge is 0.416 e. The van der Waals surface area contributed by atoms with E-state index in [4.69, 9.17) is 11.5 Å².